The molecule has 1 unspecified atom stereocenters. The van der Waals surface area contributed by atoms with Gasteiger partial charge in [0.1, 0.15) is 0 Å². The minimum Gasteiger partial charge on any atom is -0.466 e. The second kappa shape index (κ2) is 18.7. The van der Waals surface area contributed by atoms with Crippen molar-refractivity contribution in [2.24, 2.45) is 0 Å². The average molecular weight is 345 g/mol. The summed E-state index contributed by atoms with van der Waals surface area (Å²) in [5, 5.41) is 0. The minimum atomic E-state index is -0.0958. The van der Waals surface area contributed by atoms with Crippen molar-refractivity contribution in [3.8, 4) is 0 Å². The van der Waals surface area contributed by atoms with Gasteiger partial charge in [-0.25, -0.2) is 0 Å². The third kappa shape index (κ3) is 16.3. The Kier molecular flexibility index (Phi) is 18.2. The first-order chi connectivity index (χ1) is 11.7. The normalized spacial score (nSPS) is 12.3. The van der Waals surface area contributed by atoms with Crippen molar-refractivity contribution in [3.63, 3.8) is 0 Å². The summed E-state index contributed by atoms with van der Waals surface area (Å²) >= 11 is 0. The first-order valence-corrected chi connectivity index (χ1v) is 10.1. The second-order valence-electron chi connectivity index (χ2n) is 6.30. The lowest BCUT2D eigenvalue weighted by molar-refractivity contribution is -0.143. The third-order valence-electron chi connectivity index (χ3n) is 4.13. The Balaban J connectivity index is 3.84. The van der Waals surface area contributed by atoms with Crippen LogP contribution in [-0.4, -0.2) is 38.5 Å². The van der Waals surface area contributed by atoms with Crippen molar-refractivity contribution < 1.29 is 19.0 Å². The lowest BCUT2D eigenvalue weighted by atomic mass is 10.0. The summed E-state index contributed by atoms with van der Waals surface area (Å²) in [6, 6.07) is 0. The van der Waals surface area contributed by atoms with Gasteiger partial charge in [0.2, 0.25) is 0 Å². The SMILES string of the molecule is CCCCCCCCCC(CCCC(=O)OCC)OCCOCC. The summed E-state index contributed by atoms with van der Waals surface area (Å²) in [6.45, 7) is 8.59. The van der Waals surface area contributed by atoms with Crippen LogP contribution in [0.1, 0.15) is 91.4 Å². The highest BCUT2D eigenvalue weighted by atomic mass is 16.5. The highest BCUT2D eigenvalue weighted by Gasteiger charge is 2.11. The predicted molar refractivity (Wildman–Crippen MR) is 99.3 cm³/mol. The van der Waals surface area contributed by atoms with Crippen LogP contribution < -0.4 is 0 Å². The number of carbonyl (C=O) groups is 1. The van der Waals surface area contributed by atoms with E-state index in [1.54, 1.807) is 0 Å². The Morgan fingerprint density at radius 1 is 0.792 bits per heavy atom. The maximum absolute atomic E-state index is 11.4. The largest absolute Gasteiger partial charge is 0.466 e. The summed E-state index contributed by atoms with van der Waals surface area (Å²) < 4.78 is 16.3. The maximum Gasteiger partial charge on any atom is 0.305 e. The van der Waals surface area contributed by atoms with Crippen LogP contribution in [0.2, 0.25) is 0 Å². The lowest BCUT2D eigenvalue weighted by Crippen LogP contribution is -2.17. The molecule has 1 atom stereocenters. The molecule has 4 nitrogen and oxygen atoms in total. The summed E-state index contributed by atoms with van der Waals surface area (Å²) in [7, 11) is 0. The highest BCUT2D eigenvalue weighted by Crippen LogP contribution is 2.15. The van der Waals surface area contributed by atoms with Gasteiger partial charge in [0.15, 0.2) is 0 Å². The molecule has 144 valence electrons. The van der Waals surface area contributed by atoms with Gasteiger partial charge in [-0.15, -0.1) is 0 Å². The molecule has 4 heteroatoms. The molecule has 0 aromatic rings. The third-order valence-corrected chi connectivity index (χ3v) is 4.13. The van der Waals surface area contributed by atoms with Gasteiger partial charge in [-0.3, -0.25) is 4.79 Å². The zero-order valence-corrected chi connectivity index (χ0v) is 16.3. The van der Waals surface area contributed by atoms with Crippen LogP contribution in [-0.2, 0) is 19.0 Å². The number of hydrogen-bond acceptors (Lipinski definition) is 4. The molecule has 0 rings (SSSR count). The fourth-order valence-electron chi connectivity index (χ4n) is 2.77. The number of carbonyl (C=O) groups excluding carboxylic acids is 1. The fraction of sp³-hybridized carbons (Fsp3) is 0.950. The van der Waals surface area contributed by atoms with E-state index < -0.39 is 0 Å². The first kappa shape index (κ1) is 23.4. The maximum atomic E-state index is 11.4. The van der Waals surface area contributed by atoms with Crippen molar-refractivity contribution in [2.75, 3.05) is 26.4 Å². The number of hydrogen-bond donors (Lipinski definition) is 0. The fourth-order valence-corrected chi connectivity index (χ4v) is 2.77. The zero-order valence-electron chi connectivity index (χ0n) is 16.3. The second-order valence-corrected chi connectivity index (χ2v) is 6.30. The topological polar surface area (TPSA) is 44.8 Å². The van der Waals surface area contributed by atoms with E-state index in [4.69, 9.17) is 14.2 Å². The van der Waals surface area contributed by atoms with Crippen LogP contribution >= 0.6 is 0 Å². The van der Waals surface area contributed by atoms with Gasteiger partial charge in [-0.1, -0.05) is 51.9 Å². The number of rotatable bonds is 18. The van der Waals surface area contributed by atoms with Crippen molar-refractivity contribution in [1.82, 2.24) is 0 Å². The van der Waals surface area contributed by atoms with Crippen LogP contribution in [0.15, 0.2) is 0 Å². The van der Waals surface area contributed by atoms with Crippen LogP contribution in [0.3, 0.4) is 0 Å². The summed E-state index contributed by atoms with van der Waals surface area (Å²) in [5.41, 5.74) is 0. The van der Waals surface area contributed by atoms with E-state index >= 15 is 0 Å². The molecule has 0 saturated carbocycles. The first-order valence-electron chi connectivity index (χ1n) is 10.1. The molecule has 0 spiro atoms. The standard InChI is InChI=1S/C20H40O4/c1-4-7-8-9-10-11-12-14-19(24-18-17-22-5-2)15-13-16-20(21)23-6-3/h19H,4-18H2,1-3H3. The molecular weight excluding hydrogens is 304 g/mol. The summed E-state index contributed by atoms with van der Waals surface area (Å²) in [5.74, 6) is -0.0958. The average Bonchev–Trinajstić information content (AvgIpc) is 2.57. The van der Waals surface area contributed by atoms with E-state index in [0.717, 1.165) is 25.9 Å². The van der Waals surface area contributed by atoms with Gasteiger partial charge in [-0.2, -0.15) is 0 Å². The molecule has 0 radical (unpaired) electrons. The van der Waals surface area contributed by atoms with Gasteiger partial charge < -0.3 is 14.2 Å². The van der Waals surface area contributed by atoms with Crippen molar-refractivity contribution in [3.05, 3.63) is 0 Å². The highest BCUT2D eigenvalue weighted by molar-refractivity contribution is 5.69. The quantitative estimate of drug-likeness (QED) is 0.250. The van der Waals surface area contributed by atoms with E-state index in [2.05, 4.69) is 6.92 Å². The van der Waals surface area contributed by atoms with E-state index in [1.165, 1.54) is 44.9 Å². The Morgan fingerprint density at radius 2 is 1.46 bits per heavy atom. The Bertz CT molecular complexity index is 268. The van der Waals surface area contributed by atoms with Crippen LogP contribution in [0.5, 0.6) is 0 Å². The van der Waals surface area contributed by atoms with E-state index in [0.29, 0.717) is 26.2 Å². The van der Waals surface area contributed by atoms with Crippen molar-refractivity contribution >= 4 is 5.97 Å². The predicted octanol–water partition coefficient (Wildman–Crippen LogP) is 5.28. The molecular formula is C20H40O4. The van der Waals surface area contributed by atoms with E-state index in [9.17, 15) is 4.79 Å². The Labute approximate surface area is 149 Å². The molecule has 24 heavy (non-hydrogen) atoms. The molecule has 0 heterocycles. The summed E-state index contributed by atoms with van der Waals surface area (Å²) in [4.78, 5) is 11.4. The molecule has 0 amide bonds. The molecule has 0 aromatic heterocycles. The molecule has 0 saturated heterocycles. The molecule has 0 fully saturated rings. The Morgan fingerprint density at radius 3 is 2.12 bits per heavy atom. The minimum absolute atomic E-state index is 0.0958. The number of unbranched alkanes of at least 4 members (excludes halogenated alkanes) is 6. The van der Waals surface area contributed by atoms with Crippen LogP contribution in [0, 0.1) is 0 Å². The number of ether oxygens (including phenoxy) is 3. The summed E-state index contributed by atoms with van der Waals surface area (Å²) in [6.07, 6.45) is 12.8. The molecule has 0 aliphatic rings. The molecule has 0 aliphatic carbocycles. The Hall–Kier alpha value is -0.610. The van der Waals surface area contributed by atoms with Gasteiger partial charge in [-0.05, 0) is 33.1 Å². The monoisotopic (exact) mass is 344 g/mol. The van der Waals surface area contributed by atoms with Crippen LogP contribution in [0.25, 0.3) is 0 Å². The molecule has 0 bridgehead atoms. The van der Waals surface area contributed by atoms with Gasteiger partial charge in [0.25, 0.3) is 0 Å². The molecule has 0 N–H and O–H groups in total. The van der Waals surface area contributed by atoms with Gasteiger partial charge in [0.05, 0.1) is 25.9 Å². The lowest BCUT2D eigenvalue weighted by Gasteiger charge is -2.18. The van der Waals surface area contributed by atoms with Crippen LogP contribution in [0.4, 0.5) is 0 Å². The van der Waals surface area contributed by atoms with Gasteiger partial charge >= 0.3 is 5.97 Å². The number of esters is 1. The van der Waals surface area contributed by atoms with Gasteiger partial charge in [0, 0.05) is 13.0 Å². The van der Waals surface area contributed by atoms with E-state index in [1.807, 2.05) is 13.8 Å². The zero-order chi connectivity index (χ0) is 17.9. The van der Waals surface area contributed by atoms with Crippen molar-refractivity contribution in [2.45, 2.75) is 97.5 Å². The molecule has 0 aliphatic heterocycles. The smallest absolute Gasteiger partial charge is 0.305 e. The van der Waals surface area contributed by atoms with E-state index in [-0.39, 0.29) is 12.1 Å². The van der Waals surface area contributed by atoms with Crippen molar-refractivity contribution in [1.29, 1.82) is 0 Å². The molecule has 0 aromatic carbocycles.